The monoisotopic (exact) mass is 436 g/mol. The topological polar surface area (TPSA) is 71.1 Å². The molecule has 1 aliphatic carbocycles. The minimum atomic E-state index is -2.11. The largest absolute Gasteiger partial charge is 0.466 e. The van der Waals surface area contributed by atoms with Gasteiger partial charge in [0.25, 0.3) is 6.47 Å². The number of rotatable bonds is 10. The molecule has 1 saturated carbocycles. The van der Waals surface area contributed by atoms with Crippen LogP contribution in [0.2, 0.25) is 18.1 Å². The molecule has 7 heteroatoms. The van der Waals surface area contributed by atoms with Crippen molar-refractivity contribution in [3.8, 4) is 0 Å². The highest BCUT2D eigenvalue weighted by Crippen LogP contribution is 2.42. The average Bonchev–Trinajstić information content (AvgIpc) is 2.96. The molecular formula is C23H36O6Si. The number of benzene rings is 1. The van der Waals surface area contributed by atoms with Crippen molar-refractivity contribution >= 4 is 20.8 Å². The van der Waals surface area contributed by atoms with Gasteiger partial charge in [0.05, 0.1) is 25.7 Å². The molecular weight excluding hydrogens is 400 g/mol. The van der Waals surface area contributed by atoms with Gasteiger partial charge in [-0.05, 0) is 37.0 Å². The Kier molecular flexibility index (Phi) is 8.64. The zero-order valence-corrected chi connectivity index (χ0v) is 20.1. The fourth-order valence-electron chi connectivity index (χ4n) is 3.58. The Morgan fingerprint density at radius 2 is 1.83 bits per heavy atom. The molecule has 0 unspecified atom stereocenters. The molecule has 6 nitrogen and oxygen atoms in total. The number of hydrogen-bond acceptors (Lipinski definition) is 6. The van der Waals surface area contributed by atoms with Crippen molar-refractivity contribution in [2.24, 2.45) is 5.92 Å². The minimum Gasteiger partial charge on any atom is -0.466 e. The van der Waals surface area contributed by atoms with E-state index in [0.29, 0.717) is 26.1 Å². The first-order valence-electron chi connectivity index (χ1n) is 10.7. The van der Waals surface area contributed by atoms with Gasteiger partial charge in [0.1, 0.15) is 6.10 Å². The summed E-state index contributed by atoms with van der Waals surface area (Å²) >= 11 is 0. The minimum absolute atomic E-state index is 0.0123. The van der Waals surface area contributed by atoms with Crippen LogP contribution in [0.3, 0.4) is 0 Å². The molecule has 0 radical (unpaired) electrons. The van der Waals surface area contributed by atoms with E-state index >= 15 is 0 Å². The van der Waals surface area contributed by atoms with Crippen LogP contribution < -0.4 is 0 Å². The molecule has 0 amide bonds. The summed E-state index contributed by atoms with van der Waals surface area (Å²) in [6.45, 7) is 13.8. The molecule has 168 valence electrons. The van der Waals surface area contributed by atoms with E-state index in [1.807, 2.05) is 30.3 Å². The van der Waals surface area contributed by atoms with Crippen molar-refractivity contribution in [1.82, 2.24) is 0 Å². The van der Waals surface area contributed by atoms with Crippen molar-refractivity contribution < 1.29 is 28.2 Å². The van der Waals surface area contributed by atoms with Gasteiger partial charge in [-0.1, -0.05) is 51.1 Å². The van der Waals surface area contributed by atoms with E-state index in [4.69, 9.17) is 18.6 Å². The third-order valence-electron chi connectivity index (χ3n) is 6.17. The second-order valence-electron chi connectivity index (χ2n) is 9.38. The van der Waals surface area contributed by atoms with Gasteiger partial charge < -0.3 is 18.6 Å². The highest BCUT2D eigenvalue weighted by Gasteiger charge is 2.50. The Bertz CT molecular complexity index is 685. The van der Waals surface area contributed by atoms with Gasteiger partial charge in [0.2, 0.25) is 0 Å². The van der Waals surface area contributed by atoms with E-state index in [0.717, 1.165) is 5.56 Å². The van der Waals surface area contributed by atoms with Crippen molar-refractivity contribution in [2.45, 2.75) is 83.6 Å². The second kappa shape index (κ2) is 10.6. The highest BCUT2D eigenvalue weighted by atomic mass is 28.4. The first-order valence-corrected chi connectivity index (χ1v) is 13.6. The van der Waals surface area contributed by atoms with Gasteiger partial charge >= 0.3 is 5.97 Å². The smallest absolute Gasteiger partial charge is 0.306 e. The maximum absolute atomic E-state index is 12.2. The number of hydrogen-bond donors (Lipinski definition) is 0. The molecule has 0 aromatic heterocycles. The van der Waals surface area contributed by atoms with E-state index < -0.39 is 20.5 Å². The predicted molar refractivity (Wildman–Crippen MR) is 117 cm³/mol. The van der Waals surface area contributed by atoms with Crippen molar-refractivity contribution in [3.63, 3.8) is 0 Å². The fourth-order valence-corrected chi connectivity index (χ4v) is 4.92. The van der Waals surface area contributed by atoms with Crippen LogP contribution in [0.15, 0.2) is 30.3 Å². The maximum atomic E-state index is 12.2. The van der Waals surface area contributed by atoms with Gasteiger partial charge in [-0.15, -0.1) is 0 Å². The Morgan fingerprint density at radius 1 is 1.17 bits per heavy atom. The van der Waals surface area contributed by atoms with E-state index in [1.165, 1.54) is 0 Å². The first kappa shape index (κ1) is 24.6. The summed E-state index contributed by atoms with van der Waals surface area (Å²) in [5.41, 5.74) is 1.02. The van der Waals surface area contributed by atoms with Crippen LogP contribution >= 0.6 is 0 Å². The Morgan fingerprint density at radius 3 is 2.40 bits per heavy atom. The number of carbonyl (C=O) groups is 2. The predicted octanol–water partition coefficient (Wildman–Crippen LogP) is 4.48. The summed E-state index contributed by atoms with van der Waals surface area (Å²) in [5, 5.41) is 0.0123. The van der Waals surface area contributed by atoms with Gasteiger partial charge in [0.15, 0.2) is 14.4 Å². The van der Waals surface area contributed by atoms with Gasteiger partial charge in [0, 0.05) is 5.92 Å². The Balaban J connectivity index is 2.23. The second-order valence-corrected chi connectivity index (χ2v) is 14.1. The molecule has 30 heavy (non-hydrogen) atoms. The van der Waals surface area contributed by atoms with E-state index in [1.54, 1.807) is 6.92 Å². The normalized spacial score (nSPS) is 24.5. The molecule has 1 fully saturated rings. The maximum Gasteiger partial charge on any atom is 0.306 e. The van der Waals surface area contributed by atoms with Crippen LogP contribution in [0.4, 0.5) is 0 Å². The number of ether oxygens (including phenoxy) is 3. The van der Waals surface area contributed by atoms with Gasteiger partial charge in [-0.25, -0.2) is 0 Å². The summed E-state index contributed by atoms with van der Waals surface area (Å²) < 4.78 is 23.5. The molecule has 1 aromatic carbocycles. The quantitative estimate of drug-likeness (QED) is 0.306. The van der Waals surface area contributed by atoms with Crippen molar-refractivity contribution in [1.29, 1.82) is 0 Å². The lowest BCUT2D eigenvalue weighted by Gasteiger charge is -2.39. The van der Waals surface area contributed by atoms with Crippen LogP contribution in [0.25, 0.3) is 0 Å². The molecule has 0 saturated heterocycles. The summed E-state index contributed by atoms with van der Waals surface area (Å²) in [7, 11) is -2.11. The molecule has 0 spiro atoms. The van der Waals surface area contributed by atoms with Crippen LogP contribution in [-0.2, 0) is 34.8 Å². The van der Waals surface area contributed by atoms with Crippen LogP contribution in [0.5, 0.6) is 0 Å². The standard InChI is InChI=1S/C23H36O6Si/c1-7-26-20(25)14-18-13-19(29-30(5,6)23(2,3)4)22(28-16-24)21(18)27-15-17-11-9-8-10-12-17/h8-12,16,18-19,21-22H,7,13-15H2,1-6H3/t18-,19-,21+,22-/m1/s1. The van der Waals surface area contributed by atoms with Crippen molar-refractivity contribution in [3.05, 3.63) is 35.9 Å². The lowest BCUT2D eigenvalue weighted by atomic mass is 10.0. The zero-order chi connectivity index (χ0) is 22.4. The number of carbonyl (C=O) groups excluding carboxylic acids is 2. The lowest BCUT2D eigenvalue weighted by Crippen LogP contribution is -2.47. The third-order valence-corrected chi connectivity index (χ3v) is 10.7. The Labute approximate surface area is 181 Å². The highest BCUT2D eigenvalue weighted by molar-refractivity contribution is 6.74. The summed E-state index contributed by atoms with van der Waals surface area (Å²) in [6, 6.07) is 9.81. The molecule has 0 bridgehead atoms. The molecule has 0 aliphatic heterocycles. The first-order chi connectivity index (χ1) is 14.1. The van der Waals surface area contributed by atoms with Crippen LogP contribution in [0, 0.1) is 5.92 Å². The van der Waals surface area contributed by atoms with Crippen LogP contribution in [-0.4, -0.2) is 45.7 Å². The van der Waals surface area contributed by atoms with Gasteiger partial charge in [-0.2, -0.15) is 0 Å². The molecule has 0 N–H and O–H groups in total. The molecule has 0 heterocycles. The van der Waals surface area contributed by atoms with E-state index in [2.05, 4.69) is 33.9 Å². The van der Waals surface area contributed by atoms with E-state index in [-0.39, 0.29) is 29.5 Å². The molecule has 2 rings (SSSR count). The summed E-state index contributed by atoms with van der Waals surface area (Å²) in [5.74, 6) is -0.416. The third kappa shape index (κ3) is 6.40. The summed E-state index contributed by atoms with van der Waals surface area (Å²) in [6.07, 6.45) is -0.502. The summed E-state index contributed by atoms with van der Waals surface area (Å²) in [4.78, 5) is 23.5. The molecule has 4 atom stereocenters. The SMILES string of the molecule is CCOC(=O)C[C@H]1C[C@@H](O[Si](C)(C)C(C)(C)C)[C@@H](OC=O)[C@H]1OCc1ccccc1. The average molecular weight is 437 g/mol. The Hall–Kier alpha value is -1.70. The molecule has 1 aromatic rings. The van der Waals surface area contributed by atoms with Gasteiger partial charge in [-0.3, -0.25) is 9.59 Å². The van der Waals surface area contributed by atoms with Crippen molar-refractivity contribution in [2.75, 3.05) is 6.61 Å². The fraction of sp³-hybridized carbons (Fsp3) is 0.652. The van der Waals surface area contributed by atoms with E-state index in [9.17, 15) is 9.59 Å². The van der Waals surface area contributed by atoms with Crippen LogP contribution in [0.1, 0.15) is 46.1 Å². The molecule has 1 aliphatic rings. The number of esters is 1. The zero-order valence-electron chi connectivity index (χ0n) is 19.1. The lowest BCUT2D eigenvalue weighted by molar-refractivity contribution is -0.151.